The SMILES string of the molecule is Cc1c(F)cc(C(=O)NCC(F)(F)F)cc1NC(=O)c1nnn(-c2ccc(F)c(Cl)c2)c1C. The first-order valence-electron chi connectivity index (χ1n) is 9.21. The minimum atomic E-state index is -4.64. The molecule has 0 saturated carbocycles. The molecule has 0 bridgehead atoms. The van der Waals surface area contributed by atoms with Gasteiger partial charge in [0, 0.05) is 16.8 Å². The quantitative estimate of drug-likeness (QED) is 0.523. The zero-order chi connectivity index (χ0) is 24.5. The summed E-state index contributed by atoms with van der Waals surface area (Å²) in [5, 5.41) is 11.4. The van der Waals surface area contributed by atoms with E-state index in [0.717, 1.165) is 18.2 Å². The predicted octanol–water partition coefficient (Wildman–Crippen LogP) is 4.36. The first-order chi connectivity index (χ1) is 15.4. The Morgan fingerprint density at radius 2 is 1.76 bits per heavy atom. The van der Waals surface area contributed by atoms with Gasteiger partial charge in [0.2, 0.25) is 0 Å². The number of halogens is 6. The van der Waals surface area contributed by atoms with Crippen LogP contribution in [0, 0.1) is 25.5 Å². The summed E-state index contributed by atoms with van der Waals surface area (Å²) in [4.78, 5) is 24.7. The molecule has 3 rings (SSSR count). The molecule has 0 unspecified atom stereocenters. The highest BCUT2D eigenvalue weighted by molar-refractivity contribution is 6.30. The number of carbonyl (C=O) groups excluding carboxylic acids is 2. The van der Waals surface area contributed by atoms with Crippen LogP contribution in [0.3, 0.4) is 0 Å². The lowest BCUT2D eigenvalue weighted by Gasteiger charge is -2.12. The van der Waals surface area contributed by atoms with Crippen molar-refractivity contribution in [3.63, 3.8) is 0 Å². The summed E-state index contributed by atoms with van der Waals surface area (Å²) in [6.07, 6.45) is -4.64. The zero-order valence-corrected chi connectivity index (χ0v) is 17.8. The van der Waals surface area contributed by atoms with Crippen LogP contribution in [0.1, 0.15) is 32.1 Å². The Morgan fingerprint density at radius 3 is 2.39 bits per heavy atom. The van der Waals surface area contributed by atoms with E-state index >= 15 is 0 Å². The summed E-state index contributed by atoms with van der Waals surface area (Å²) in [7, 11) is 0. The second kappa shape index (κ2) is 9.14. The van der Waals surface area contributed by atoms with Crippen molar-refractivity contribution < 1.29 is 31.5 Å². The number of hydrogen-bond acceptors (Lipinski definition) is 4. The molecule has 0 fully saturated rings. The van der Waals surface area contributed by atoms with E-state index in [1.165, 1.54) is 30.7 Å². The average Bonchev–Trinajstić information content (AvgIpc) is 3.12. The second-order valence-corrected chi connectivity index (χ2v) is 7.32. The van der Waals surface area contributed by atoms with Crippen molar-refractivity contribution in [1.82, 2.24) is 20.3 Å². The first-order valence-corrected chi connectivity index (χ1v) is 9.59. The van der Waals surface area contributed by atoms with Gasteiger partial charge in [0.05, 0.1) is 16.4 Å². The van der Waals surface area contributed by atoms with Gasteiger partial charge in [-0.2, -0.15) is 13.2 Å². The summed E-state index contributed by atoms with van der Waals surface area (Å²) in [5.41, 5.74) is -0.202. The molecule has 1 aromatic heterocycles. The van der Waals surface area contributed by atoms with Gasteiger partial charge in [-0.1, -0.05) is 16.8 Å². The summed E-state index contributed by atoms with van der Waals surface area (Å²) >= 11 is 5.77. The van der Waals surface area contributed by atoms with Gasteiger partial charge in [0.25, 0.3) is 11.8 Å². The van der Waals surface area contributed by atoms with Crippen molar-refractivity contribution in [2.24, 2.45) is 0 Å². The van der Waals surface area contributed by atoms with E-state index in [1.807, 2.05) is 0 Å². The van der Waals surface area contributed by atoms with Gasteiger partial charge in [-0.3, -0.25) is 9.59 Å². The third-order valence-electron chi connectivity index (χ3n) is 4.56. The Kier molecular flexibility index (Phi) is 6.68. The Labute approximate surface area is 188 Å². The van der Waals surface area contributed by atoms with Gasteiger partial charge in [0.1, 0.15) is 18.2 Å². The summed E-state index contributed by atoms with van der Waals surface area (Å²) in [5.74, 6) is -3.54. The number of amides is 2. The van der Waals surface area contributed by atoms with Crippen LogP contribution in [0.15, 0.2) is 30.3 Å². The molecule has 33 heavy (non-hydrogen) atoms. The van der Waals surface area contributed by atoms with Crippen LogP contribution in [-0.4, -0.2) is 39.5 Å². The fourth-order valence-electron chi connectivity index (χ4n) is 2.80. The number of nitrogens with one attached hydrogen (secondary N) is 2. The molecule has 7 nitrogen and oxygen atoms in total. The summed E-state index contributed by atoms with van der Waals surface area (Å²) in [6, 6.07) is 5.56. The first kappa shape index (κ1) is 24.1. The number of nitrogens with zero attached hydrogens (tertiary/aromatic N) is 3. The number of rotatable bonds is 5. The minimum absolute atomic E-state index is 0.0499. The maximum absolute atomic E-state index is 14.3. The number of benzene rings is 2. The van der Waals surface area contributed by atoms with Crippen LogP contribution >= 0.6 is 11.6 Å². The molecule has 1 heterocycles. The van der Waals surface area contributed by atoms with Crippen LogP contribution in [0.25, 0.3) is 5.69 Å². The number of alkyl halides is 3. The number of hydrogen-bond donors (Lipinski definition) is 2. The van der Waals surface area contributed by atoms with Crippen molar-refractivity contribution in [2.75, 3.05) is 11.9 Å². The van der Waals surface area contributed by atoms with Crippen LogP contribution in [0.5, 0.6) is 0 Å². The third-order valence-corrected chi connectivity index (χ3v) is 4.85. The molecular weight excluding hydrogens is 473 g/mol. The molecule has 2 N–H and O–H groups in total. The third kappa shape index (κ3) is 5.45. The van der Waals surface area contributed by atoms with E-state index in [1.54, 1.807) is 5.32 Å². The second-order valence-electron chi connectivity index (χ2n) is 6.92. The molecule has 174 valence electrons. The van der Waals surface area contributed by atoms with E-state index in [0.29, 0.717) is 5.69 Å². The predicted molar refractivity (Wildman–Crippen MR) is 109 cm³/mol. The van der Waals surface area contributed by atoms with Crippen LogP contribution in [0.4, 0.5) is 27.6 Å². The fraction of sp³-hybridized carbons (Fsp3) is 0.200. The van der Waals surface area contributed by atoms with E-state index in [4.69, 9.17) is 11.6 Å². The lowest BCUT2D eigenvalue weighted by atomic mass is 10.1. The number of aromatic nitrogens is 3. The van der Waals surface area contributed by atoms with Crippen molar-refractivity contribution in [3.8, 4) is 5.69 Å². The standard InChI is InChI=1S/C20H15ClF5N5O2/c1-9-15(23)5-11(18(32)27-8-20(24,25)26)6-16(9)28-19(33)17-10(2)31(30-29-17)12-3-4-14(22)13(21)7-12/h3-7H,8H2,1-2H3,(H,27,32)(H,28,33). The molecule has 0 aliphatic rings. The van der Waals surface area contributed by atoms with Gasteiger partial charge in [-0.25, -0.2) is 13.5 Å². The summed E-state index contributed by atoms with van der Waals surface area (Å²) < 4.78 is 65.9. The number of anilines is 1. The monoisotopic (exact) mass is 487 g/mol. The highest BCUT2D eigenvalue weighted by Gasteiger charge is 2.28. The largest absolute Gasteiger partial charge is 0.405 e. The minimum Gasteiger partial charge on any atom is -0.343 e. The Balaban J connectivity index is 1.86. The molecule has 0 atom stereocenters. The van der Waals surface area contributed by atoms with Gasteiger partial charge in [0.15, 0.2) is 5.69 Å². The summed E-state index contributed by atoms with van der Waals surface area (Å²) in [6.45, 7) is 1.21. The molecule has 3 aromatic rings. The van der Waals surface area contributed by atoms with Crippen molar-refractivity contribution >= 4 is 29.1 Å². The molecule has 0 spiro atoms. The molecule has 2 aromatic carbocycles. The van der Waals surface area contributed by atoms with Crippen molar-refractivity contribution in [2.45, 2.75) is 20.0 Å². The highest BCUT2D eigenvalue weighted by Crippen LogP contribution is 2.24. The molecule has 13 heteroatoms. The lowest BCUT2D eigenvalue weighted by Crippen LogP contribution is -2.33. The Hall–Kier alpha value is -3.54. The zero-order valence-electron chi connectivity index (χ0n) is 17.0. The normalized spacial score (nSPS) is 11.4. The van der Waals surface area contributed by atoms with E-state index in [2.05, 4.69) is 15.6 Å². The van der Waals surface area contributed by atoms with Crippen LogP contribution in [0.2, 0.25) is 5.02 Å². The Bertz CT molecular complexity index is 1240. The molecule has 2 amide bonds. The van der Waals surface area contributed by atoms with Gasteiger partial charge in [-0.15, -0.1) is 5.10 Å². The fourth-order valence-corrected chi connectivity index (χ4v) is 2.98. The van der Waals surface area contributed by atoms with Crippen molar-refractivity contribution in [1.29, 1.82) is 0 Å². The Morgan fingerprint density at radius 1 is 1.06 bits per heavy atom. The molecule has 0 aliphatic heterocycles. The highest BCUT2D eigenvalue weighted by atomic mass is 35.5. The van der Waals surface area contributed by atoms with Gasteiger partial charge in [-0.05, 0) is 44.2 Å². The van der Waals surface area contributed by atoms with E-state index < -0.39 is 41.7 Å². The maximum atomic E-state index is 14.3. The van der Waals surface area contributed by atoms with Crippen LogP contribution in [-0.2, 0) is 0 Å². The van der Waals surface area contributed by atoms with E-state index in [-0.39, 0.29) is 27.7 Å². The topological polar surface area (TPSA) is 88.9 Å². The maximum Gasteiger partial charge on any atom is 0.405 e. The average molecular weight is 488 g/mol. The van der Waals surface area contributed by atoms with Gasteiger partial charge < -0.3 is 10.6 Å². The number of carbonyl (C=O) groups is 2. The molecular formula is C20H15ClF5N5O2. The smallest absolute Gasteiger partial charge is 0.343 e. The molecule has 0 saturated heterocycles. The molecule has 0 aliphatic carbocycles. The molecule has 0 radical (unpaired) electrons. The van der Waals surface area contributed by atoms with E-state index in [9.17, 15) is 31.5 Å². The van der Waals surface area contributed by atoms with Gasteiger partial charge >= 0.3 is 6.18 Å². The lowest BCUT2D eigenvalue weighted by molar-refractivity contribution is -0.123. The van der Waals surface area contributed by atoms with Crippen molar-refractivity contribution in [3.05, 3.63) is 69.5 Å². The van der Waals surface area contributed by atoms with Crippen LogP contribution < -0.4 is 10.6 Å².